The topological polar surface area (TPSA) is 52.6 Å². The van der Waals surface area contributed by atoms with E-state index in [4.69, 9.17) is 9.47 Å². The van der Waals surface area contributed by atoms with Crippen molar-refractivity contribution in [3.8, 4) is 5.75 Å². The van der Waals surface area contributed by atoms with Crippen LogP contribution in [0.2, 0.25) is 0 Å². The third-order valence-electron chi connectivity index (χ3n) is 5.28. The molecule has 1 aromatic rings. The van der Waals surface area contributed by atoms with Crippen LogP contribution in [0, 0.1) is 0 Å². The number of rotatable bonds is 3. The summed E-state index contributed by atoms with van der Waals surface area (Å²) < 4.78 is 13.7. The fourth-order valence-corrected chi connectivity index (χ4v) is 5.59. The Labute approximate surface area is 175 Å². The molecule has 27 heavy (non-hydrogen) atoms. The van der Waals surface area contributed by atoms with E-state index < -0.39 is 5.92 Å². The second-order valence-electron chi connectivity index (χ2n) is 7.00. The van der Waals surface area contributed by atoms with Crippen LogP contribution < -0.4 is 4.74 Å². The van der Waals surface area contributed by atoms with Crippen LogP contribution in [0.3, 0.4) is 0 Å². The summed E-state index contributed by atoms with van der Waals surface area (Å²) >= 11 is 7.14. The second kappa shape index (κ2) is 7.55. The van der Waals surface area contributed by atoms with Crippen molar-refractivity contribution in [3.05, 3.63) is 49.3 Å². The molecule has 0 N–H and O–H groups in total. The number of ether oxygens (including phenoxy) is 2. The molecule has 6 heteroatoms. The zero-order chi connectivity index (χ0) is 19.1. The molecule has 0 atom stereocenters. The Morgan fingerprint density at radius 2 is 1.59 bits per heavy atom. The summed E-state index contributed by atoms with van der Waals surface area (Å²) in [7, 11) is 0. The lowest BCUT2D eigenvalue weighted by molar-refractivity contribution is -0.117. The molecule has 3 aliphatic rings. The molecule has 0 bridgehead atoms. The maximum Gasteiger partial charge on any atom is 0.163 e. The lowest BCUT2D eigenvalue weighted by atomic mass is 9.73. The molecule has 4 nitrogen and oxygen atoms in total. The SMILES string of the molecule is CCOc1c(Br)cc(Br)cc1C1C2=C(CCCC2=O)OC2=C1C(=O)CCC2. The largest absolute Gasteiger partial charge is 0.492 e. The van der Waals surface area contributed by atoms with Crippen molar-refractivity contribution in [3.63, 3.8) is 0 Å². The molecule has 0 saturated carbocycles. The molecule has 1 heterocycles. The third-order valence-corrected chi connectivity index (χ3v) is 6.32. The van der Waals surface area contributed by atoms with Gasteiger partial charge < -0.3 is 9.47 Å². The highest BCUT2D eigenvalue weighted by Crippen LogP contribution is 2.51. The summed E-state index contributed by atoms with van der Waals surface area (Å²) in [6, 6.07) is 3.88. The molecule has 0 saturated heterocycles. The normalized spacial score (nSPS) is 20.4. The molecule has 2 aliphatic carbocycles. The quantitative estimate of drug-likeness (QED) is 0.536. The van der Waals surface area contributed by atoms with Crippen molar-refractivity contribution >= 4 is 43.4 Å². The number of hydrogen-bond donors (Lipinski definition) is 0. The first-order valence-corrected chi connectivity index (χ1v) is 10.9. The maximum absolute atomic E-state index is 12.9. The number of carbonyl (C=O) groups excluding carboxylic acids is 2. The van der Waals surface area contributed by atoms with Crippen LogP contribution in [-0.2, 0) is 14.3 Å². The molecule has 0 unspecified atom stereocenters. The third kappa shape index (κ3) is 3.31. The van der Waals surface area contributed by atoms with Gasteiger partial charge in [0.25, 0.3) is 0 Å². The number of ketones is 2. The van der Waals surface area contributed by atoms with Crippen molar-refractivity contribution in [2.75, 3.05) is 6.61 Å². The van der Waals surface area contributed by atoms with E-state index in [1.165, 1.54) is 0 Å². The predicted octanol–water partition coefficient (Wildman–Crippen LogP) is 5.74. The number of hydrogen-bond acceptors (Lipinski definition) is 4. The van der Waals surface area contributed by atoms with Gasteiger partial charge in [0.05, 0.1) is 17.0 Å². The smallest absolute Gasteiger partial charge is 0.163 e. The minimum Gasteiger partial charge on any atom is -0.492 e. The van der Waals surface area contributed by atoms with Crippen molar-refractivity contribution in [1.29, 1.82) is 0 Å². The Balaban J connectivity index is 1.98. The van der Waals surface area contributed by atoms with Crippen LogP contribution in [0.4, 0.5) is 0 Å². The van der Waals surface area contributed by atoms with Crippen molar-refractivity contribution in [1.82, 2.24) is 0 Å². The standard InChI is InChI=1S/C21H20Br2O4/c1-2-26-21-12(9-11(22)10-13(21)23)18-19-14(24)5-3-7-16(19)27-17-8-4-6-15(25)20(17)18/h9-10,18H,2-8H2,1H3. The van der Waals surface area contributed by atoms with E-state index in [-0.39, 0.29) is 11.6 Å². The molecule has 142 valence electrons. The number of allylic oxidation sites excluding steroid dienone is 4. The number of halogens is 2. The highest BCUT2D eigenvalue weighted by Gasteiger charge is 2.43. The zero-order valence-corrected chi connectivity index (χ0v) is 18.2. The molecule has 1 aromatic carbocycles. The van der Waals surface area contributed by atoms with Crippen molar-refractivity contribution < 1.29 is 19.1 Å². The minimum absolute atomic E-state index is 0.0738. The van der Waals surface area contributed by atoms with E-state index in [1.807, 2.05) is 19.1 Å². The van der Waals surface area contributed by atoms with E-state index in [2.05, 4.69) is 31.9 Å². The molecule has 0 spiro atoms. The van der Waals surface area contributed by atoms with E-state index in [0.717, 1.165) is 51.7 Å². The predicted molar refractivity (Wildman–Crippen MR) is 109 cm³/mol. The molecule has 0 fully saturated rings. The average molecular weight is 496 g/mol. The van der Waals surface area contributed by atoms with Crippen LogP contribution >= 0.6 is 31.9 Å². The van der Waals surface area contributed by atoms with Gasteiger partial charge in [-0.25, -0.2) is 0 Å². The van der Waals surface area contributed by atoms with Crippen molar-refractivity contribution in [2.24, 2.45) is 0 Å². The van der Waals surface area contributed by atoms with Gasteiger partial charge >= 0.3 is 0 Å². The number of benzene rings is 1. The summed E-state index contributed by atoms with van der Waals surface area (Å²) in [5.74, 6) is 1.89. The van der Waals surface area contributed by atoms with Gasteiger partial charge in [-0.2, -0.15) is 0 Å². The molecular weight excluding hydrogens is 476 g/mol. The molecule has 1 aliphatic heterocycles. The fourth-order valence-electron chi connectivity index (χ4n) is 4.22. The second-order valence-corrected chi connectivity index (χ2v) is 8.77. The summed E-state index contributed by atoms with van der Waals surface area (Å²) in [5.41, 5.74) is 2.12. The molecule has 0 amide bonds. The Kier molecular flexibility index (Phi) is 5.30. The summed E-state index contributed by atoms with van der Waals surface area (Å²) in [6.45, 7) is 2.42. The summed E-state index contributed by atoms with van der Waals surface area (Å²) in [6.07, 6.45) is 4.05. The monoisotopic (exact) mass is 494 g/mol. The van der Waals surface area contributed by atoms with Gasteiger partial charge in [-0.3, -0.25) is 9.59 Å². The van der Waals surface area contributed by atoms with E-state index in [1.54, 1.807) is 0 Å². The lowest BCUT2D eigenvalue weighted by Crippen LogP contribution is -2.30. The van der Waals surface area contributed by atoms with Gasteiger partial charge in [-0.1, -0.05) is 15.9 Å². The van der Waals surface area contributed by atoms with Gasteiger partial charge in [0.1, 0.15) is 17.3 Å². The Hall–Kier alpha value is -1.40. The van der Waals surface area contributed by atoms with E-state index in [9.17, 15) is 9.59 Å². The summed E-state index contributed by atoms with van der Waals surface area (Å²) in [4.78, 5) is 25.8. The highest BCUT2D eigenvalue weighted by atomic mass is 79.9. The van der Waals surface area contributed by atoms with Crippen LogP contribution in [0.5, 0.6) is 5.75 Å². The van der Waals surface area contributed by atoms with Gasteiger partial charge in [0.2, 0.25) is 0 Å². The molecule has 0 aromatic heterocycles. The summed E-state index contributed by atoms with van der Waals surface area (Å²) in [5, 5.41) is 0. The first-order chi connectivity index (χ1) is 13.0. The Morgan fingerprint density at radius 1 is 1.00 bits per heavy atom. The van der Waals surface area contributed by atoms with Gasteiger partial charge in [0.15, 0.2) is 11.6 Å². The van der Waals surface area contributed by atoms with Crippen LogP contribution in [0.25, 0.3) is 0 Å². The van der Waals surface area contributed by atoms with E-state index in [0.29, 0.717) is 36.3 Å². The van der Waals surface area contributed by atoms with Gasteiger partial charge in [-0.05, 0) is 47.8 Å². The maximum atomic E-state index is 12.9. The molecule has 0 radical (unpaired) electrons. The number of carbonyl (C=O) groups is 2. The first kappa shape index (κ1) is 18.9. The highest BCUT2D eigenvalue weighted by molar-refractivity contribution is 9.11. The first-order valence-electron chi connectivity index (χ1n) is 9.33. The van der Waals surface area contributed by atoms with Crippen molar-refractivity contribution in [2.45, 2.75) is 51.4 Å². The zero-order valence-electron chi connectivity index (χ0n) is 15.1. The van der Waals surface area contributed by atoms with Crippen LogP contribution in [0.15, 0.2) is 43.7 Å². The fraction of sp³-hybridized carbons (Fsp3) is 0.429. The number of Topliss-reactive ketones (excluding diaryl/α,β-unsaturated/α-hetero) is 2. The Bertz CT molecular complexity index is 856. The molecule has 4 rings (SSSR count). The van der Waals surface area contributed by atoms with Gasteiger partial charge in [-0.15, -0.1) is 0 Å². The Morgan fingerprint density at radius 3 is 2.15 bits per heavy atom. The van der Waals surface area contributed by atoms with Crippen LogP contribution in [0.1, 0.15) is 56.9 Å². The molecular formula is C21H20Br2O4. The minimum atomic E-state index is -0.417. The van der Waals surface area contributed by atoms with Crippen LogP contribution in [-0.4, -0.2) is 18.2 Å². The van der Waals surface area contributed by atoms with E-state index >= 15 is 0 Å². The van der Waals surface area contributed by atoms with Gasteiger partial charge in [0, 0.05) is 46.9 Å². The average Bonchev–Trinajstić information content (AvgIpc) is 2.63. The lowest BCUT2D eigenvalue weighted by Gasteiger charge is -2.36.